The molecule has 1 heterocycles. The van der Waals surface area contributed by atoms with Crippen LogP contribution in [0, 0.1) is 0 Å². The SMILES string of the molecule is CCc1ccc(C(CNC(=O)C2CC(F)(F)CN2)N(C)C)cc1.Cl.Cl. The van der Waals surface area contributed by atoms with Crippen LogP contribution in [0.3, 0.4) is 0 Å². The standard InChI is InChI=1S/C17H25F2N3O.2ClH/c1-4-12-5-7-13(8-6-12)15(22(2)3)10-20-16(23)14-9-17(18,19)11-21-14;;/h5-8,14-15,21H,4,9-11H2,1-3H3,(H,20,23);2*1H. The summed E-state index contributed by atoms with van der Waals surface area (Å²) in [5.41, 5.74) is 2.35. The molecule has 1 aliphatic heterocycles. The Morgan fingerprint density at radius 2 is 1.92 bits per heavy atom. The van der Waals surface area contributed by atoms with Gasteiger partial charge in [0.15, 0.2) is 0 Å². The molecule has 0 saturated carbocycles. The van der Waals surface area contributed by atoms with Crippen molar-refractivity contribution in [3.8, 4) is 0 Å². The van der Waals surface area contributed by atoms with Crippen LogP contribution in [-0.2, 0) is 11.2 Å². The molecule has 25 heavy (non-hydrogen) atoms. The lowest BCUT2D eigenvalue weighted by Crippen LogP contribution is -2.43. The van der Waals surface area contributed by atoms with Gasteiger partial charge in [0.25, 0.3) is 5.92 Å². The number of likely N-dealkylation sites (N-methyl/N-ethyl adjacent to an activating group) is 1. The maximum atomic E-state index is 13.2. The Hall–Kier alpha value is -0.950. The molecular weight excluding hydrogens is 371 g/mol. The highest BCUT2D eigenvalue weighted by molar-refractivity contribution is 5.85. The second-order valence-corrected chi connectivity index (χ2v) is 6.31. The number of nitrogens with one attached hydrogen (secondary N) is 2. The molecule has 144 valence electrons. The van der Waals surface area contributed by atoms with E-state index in [1.165, 1.54) is 5.56 Å². The highest BCUT2D eigenvalue weighted by Crippen LogP contribution is 2.25. The smallest absolute Gasteiger partial charge is 0.262 e. The quantitative estimate of drug-likeness (QED) is 0.775. The first-order valence-electron chi connectivity index (χ1n) is 7.96. The molecule has 0 aliphatic carbocycles. The monoisotopic (exact) mass is 397 g/mol. The number of rotatable bonds is 6. The van der Waals surface area contributed by atoms with Crippen molar-refractivity contribution < 1.29 is 13.6 Å². The molecule has 1 amide bonds. The zero-order valence-electron chi connectivity index (χ0n) is 14.7. The molecule has 0 aromatic heterocycles. The van der Waals surface area contributed by atoms with Crippen molar-refractivity contribution in [3.05, 3.63) is 35.4 Å². The summed E-state index contributed by atoms with van der Waals surface area (Å²) < 4.78 is 26.3. The number of aryl methyl sites for hydroxylation is 1. The fourth-order valence-electron chi connectivity index (χ4n) is 2.80. The molecule has 1 fully saturated rings. The van der Waals surface area contributed by atoms with Crippen molar-refractivity contribution in [2.45, 2.75) is 37.8 Å². The van der Waals surface area contributed by atoms with Gasteiger partial charge in [-0.15, -0.1) is 24.8 Å². The van der Waals surface area contributed by atoms with Crippen LogP contribution >= 0.6 is 24.8 Å². The number of nitrogens with zero attached hydrogens (tertiary/aromatic N) is 1. The molecule has 4 nitrogen and oxygen atoms in total. The van der Waals surface area contributed by atoms with Crippen LogP contribution in [0.2, 0.25) is 0 Å². The van der Waals surface area contributed by atoms with E-state index >= 15 is 0 Å². The van der Waals surface area contributed by atoms with Gasteiger partial charge in [-0.25, -0.2) is 8.78 Å². The molecule has 1 aliphatic rings. The molecule has 2 rings (SSSR count). The van der Waals surface area contributed by atoms with Crippen molar-refractivity contribution in [1.29, 1.82) is 0 Å². The van der Waals surface area contributed by atoms with E-state index < -0.39 is 24.9 Å². The van der Waals surface area contributed by atoms with E-state index in [9.17, 15) is 13.6 Å². The van der Waals surface area contributed by atoms with Crippen LogP contribution in [0.15, 0.2) is 24.3 Å². The predicted octanol–water partition coefficient (Wildman–Crippen LogP) is 2.81. The van der Waals surface area contributed by atoms with Gasteiger partial charge in [0.1, 0.15) is 0 Å². The van der Waals surface area contributed by atoms with Crippen LogP contribution in [-0.4, -0.2) is 50.0 Å². The van der Waals surface area contributed by atoms with Gasteiger partial charge in [-0.05, 0) is 31.6 Å². The number of hydrogen-bond donors (Lipinski definition) is 2. The number of halogens is 4. The molecule has 8 heteroatoms. The lowest BCUT2D eigenvalue weighted by molar-refractivity contribution is -0.123. The minimum Gasteiger partial charge on any atom is -0.353 e. The lowest BCUT2D eigenvalue weighted by atomic mass is 10.0. The van der Waals surface area contributed by atoms with E-state index in [0.29, 0.717) is 6.54 Å². The summed E-state index contributed by atoms with van der Waals surface area (Å²) in [6.45, 7) is 2.06. The summed E-state index contributed by atoms with van der Waals surface area (Å²) in [7, 11) is 3.87. The van der Waals surface area contributed by atoms with Crippen LogP contribution < -0.4 is 10.6 Å². The van der Waals surface area contributed by atoms with Gasteiger partial charge in [-0.2, -0.15) is 0 Å². The molecule has 0 radical (unpaired) electrons. The maximum absolute atomic E-state index is 13.2. The zero-order valence-corrected chi connectivity index (χ0v) is 16.4. The Morgan fingerprint density at radius 1 is 1.32 bits per heavy atom. The first kappa shape index (κ1) is 24.1. The summed E-state index contributed by atoms with van der Waals surface area (Å²) >= 11 is 0. The average Bonchev–Trinajstić information content (AvgIpc) is 2.88. The number of alkyl halides is 2. The Balaban J connectivity index is 0.00000288. The molecule has 0 bridgehead atoms. The van der Waals surface area contributed by atoms with Gasteiger partial charge < -0.3 is 10.2 Å². The average molecular weight is 398 g/mol. The molecule has 2 atom stereocenters. The van der Waals surface area contributed by atoms with Crippen molar-refractivity contribution >= 4 is 30.7 Å². The highest BCUT2D eigenvalue weighted by Gasteiger charge is 2.42. The number of hydrogen-bond acceptors (Lipinski definition) is 3. The fourth-order valence-corrected chi connectivity index (χ4v) is 2.80. The predicted molar refractivity (Wildman–Crippen MR) is 101 cm³/mol. The van der Waals surface area contributed by atoms with Crippen molar-refractivity contribution in [2.24, 2.45) is 0 Å². The minimum atomic E-state index is -2.79. The van der Waals surface area contributed by atoms with Crippen LogP contribution in [0.25, 0.3) is 0 Å². The van der Waals surface area contributed by atoms with Gasteiger partial charge in [0, 0.05) is 13.0 Å². The van der Waals surface area contributed by atoms with E-state index in [1.807, 2.05) is 19.0 Å². The topological polar surface area (TPSA) is 44.4 Å². The molecular formula is C17H27Cl2F2N3O. The molecule has 0 spiro atoms. The normalized spacial score (nSPS) is 19.7. The van der Waals surface area contributed by atoms with E-state index in [1.54, 1.807) is 0 Å². The summed E-state index contributed by atoms with van der Waals surface area (Å²) in [5.74, 6) is -3.15. The van der Waals surface area contributed by atoms with Crippen molar-refractivity contribution in [2.75, 3.05) is 27.2 Å². The Morgan fingerprint density at radius 3 is 2.36 bits per heavy atom. The molecule has 1 aromatic carbocycles. The minimum absolute atomic E-state index is 0. The first-order chi connectivity index (χ1) is 10.8. The summed E-state index contributed by atoms with van der Waals surface area (Å²) in [6.07, 6.45) is 0.544. The summed E-state index contributed by atoms with van der Waals surface area (Å²) in [5, 5.41) is 5.37. The molecule has 1 saturated heterocycles. The third kappa shape index (κ3) is 6.70. The summed E-state index contributed by atoms with van der Waals surface area (Å²) in [4.78, 5) is 14.1. The van der Waals surface area contributed by atoms with Gasteiger partial charge in [0.05, 0.1) is 18.6 Å². The third-order valence-corrected chi connectivity index (χ3v) is 4.29. The molecule has 1 aromatic rings. The first-order valence-corrected chi connectivity index (χ1v) is 7.96. The Labute approximate surface area is 160 Å². The number of benzene rings is 1. The molecule has 2 unspecified atom stereocenters. The van der Waals surface area contributed by atoms with Crippen molar-refractivity contribution in [3.63, 3.8) is 0 Å². The van der Waals surface area contributed by atoms with Crippen molar-refractivity contribution in [1.82, 2.24) is 15.5 Å². The highest BCUT2D eigenvalue weighted by atomic mass is 35.5. The second-order valence-electron chi connectivity index (χ2n) is 6.31. The second kappa shape index (κ2) is 10.3. The third-order valence-electron chi connectivity index (χ3n) is 4.29. The lowest BCUT2D eigenvalue weighted by Gasteiger charge is -2.26. The van der Waals surface area contributed by atoms with E-state index in [4.69, 9.17) is 0 Å². The zero-order chi connectivity index (χ0) is 17.0. The Bertz CT molecular complexity index is 541. The van der Waals surface area contributed by atoms with Crippen LogP contribution in [0.4, 0.5) is 8.78 Å². The maximum Gasteiger partial charge on any atom is 0.262 e. The van der Waals surface area contributed by atoms with Crippen LogP contribution in [0.1, 0.15) is 30.5 Å². The summed E-state index contributed by atoms with van der Waals surface area (Å²) in [6, 6.07) is 7.45. The van der Waals surface area contributed by atoms with E-state index in [-0.39, 0.29) is 36.8 Å². The van der Waals surface area contributed by atoms with Gasteiger partial charge in [0.2, 0.25) is 5.91 Å². The largest absolute Gasteiger partial charge is 0.353 e. The molecule has 2 N–H and O–H groups in total. The number of amides is 1. The van der Waals surface area contributed by atoms with Gasteiger partial charge >= 0.3 is 0 Å². The van der Waals surface area contributed by atoms with E-state index in [0.717, 1.165) is 12.0 Å². The van der Waals surface area contributed by atoms with Gasteiger partial charge in [-0.3, -0.25) is 10.1 Å². The fraction of sp³-hybridized carbons (Fsp3) is 0.588. The number of carbonyl (C=O) groups excluding carboxylic acids is 1. The van der Waals surface area contributed by atoms with Crippen LogP contribution in [0.5, 0.6) is 0 Å². The van der Waals surface area contributed by atoms with E-state index in [2.05, 4.69) is 41.8 Å². The van der Waals surface area contributed by atoms with Gasteiger partial charge in [-0.1, -0.05) is 31.2 Å². The Kier molecular flexibility index (Phi) is 9.87. The number of carbonyl (C=O) groups is 1.